The van der Waals surface area contributed by atoms with Gasteiger partial charge in [0.05, 0.1) is 53.5 Å². The van der Waals surface area contributed by atoms with Crippen LogP contribution in [-0.2, 0) is 0 Å². The number of nitrogens with one attached hydrogen (secondary N) is 2. The third-order valence-electron chi connectivity index (χ3n) is 7.39. The monoisotopic (exact) mass is 592 g/mol. The molecule has 3 heterocycles. The van der Waals surface area contributed by atoms with Crippen molar-refractivity contribution in [2.75, 3.05) is 10.6 Å². The smallest absolute Gasteiger partial charge is 0.213 e. The zero-order valence-electron chi connectivity index (χ0n) is 24.2. The number of hydrogen-bond acceptors (Lipinski definition) is 8. The molecule has 2 N–H and O–H groups in total. The van der Waals surface area contributed by atoms with E-state index in [2.05, 4.69) is 43.1 Å². The molecule has 0 radical (unpaired) electrons. The molecule has 1 aliphatic rings. The molecule has 2 atom stereocenters. The molecular formula is C32H27ClFN9. The molecule has 9 nitrogen and oxygen atoms in total. The molecule has 11 heteroatoms. The minimum absolute atomic E-state index is 0.241. The second kappa shape index (κ2) is 12.0. The van der Waals surface area contributed by atoms with Crippen molar-refractivity contribution in [2.24, 2.45) is 0 Å². The number of anilines is 2. The van der Waals surface area contributed by atoms with Gasteiger partial charge in [0, 0.05) is 34.9 Å². The highest BCUT2D eigenvalue weighted by Gasteiger charge is 2.28. The number of nitriles is 2. The first-order valence-corrected chi connectivity index (χ1v) is 14.2. The summed E-state index contributed by atoms with van der Waals surface area (Å²) in [5.41, 5.74) is 3.67. The Hall–Kier alpha value is -5.06. The Bertz CT molecular complexity index is 1930. The number of rotatable bonds is 10. The summed E-state index contributed by atoms with van der Waals surface area (Å²) >= 11 is 6.78. The highest BCUT2D eigenvalue weighted by atomic mass is 35.5. The van der Waals surface area contributed by atoms with E-state index in [9.17, 15) is 16.3 Å². The fraction of sp³-hybridized carbons (Fsp3) is 0.250. The SMILES string of the molecule is [2H][C@@](Nc1cc(Cl)c2ncc(C#N)c(N[C@H](CCC#N)c3ccccc3)c2c1)(c1cn(C2CC2)nn1)c1ccc(F)nc1C. The van der Waals surface area contributed by atoms with Crippen LogP contribution in [0.1, 0.15) is 73.2 Å². The summed E-state index contributed by atoms with van der Waals surface area (Å²) in [4.78, 5) is 8.43. The Morgan fingerprint density at radius 1 is 1.16 bits per heavy atom. The van der Waals surface area contributed by atoms with Gasteiger partial charge in [-0.3, -0.25) is 4.98 Å². The number of aromatic nitrogens is 5. The average Bonchev–Trinajstić information content (AvgIpc) is 3.74. The molecule has 0 unspecified atom stereocenters. The molecule has 43 heavy (non-hydrogen) atoms. The minimum atomic E-state index is -1.72. The van der Waals surface area contributed by atoms with Crippen LogP contribution in [0.2, 0.25) is 5.02 Å². The van der Waals surface area contributed by atoms with Gasteiger partial charge in [-0.25, -0.2) is 9.67 Å². The van der Waals surface area contributed by atoms with E-state index in [1.54, 1.807) is 29.9 Å². The van der Waals surface area contributed by atoms with Gasteiger partial charge in [0.1, 0.15) is 11.8 Å². The van der Waals surface area contributed by atoms with E-state index in [0.29, 0.717) is 62.7 Å². The maximum absolute atomic E-state index is 14.0. The third kappa shape index (κ3) is 5.97. The maximum atomic E-state index is 14.0. The van der Waals surface area contributed by atoms with Crippen molar-refractivity contribution in [3.8, 4) is 12.1 Å². The van der Waals surface area contributed by atoms with Gasteiger partial charge in [-0.1, -0.05) is 53.2 Å². The van der Waals surface area contributed by atoms with E-state index >= 15 is 0 Å². The molecule has 6 rings (SSSR count). The number of hydrogen-bond donors (Lipinski definition) is 2. The lowest BCUT2D eigenvalue weighted by Crippen LogP contribution is -2.16. The van der Waals surface area contributed by atoms with Crippen LogP contribution in [0.4, 0.5) is 15.8 Å². The van der Waals surface area contributed by atoms with Crippen molar-refractivity contribution in [1.82, 2.24) is 25.0 Å². The lowest BCUT2D eigenvalue weighted by atomic mass is 10.00. The predicted octanol–water partition coefficient (Wildman–Crippen LogP) is 7.19. The predicted molar refractivity (Wildman–Crippen MR) is 162 cm³/mol. The van der Waals surface area contributed by atoms with Gasteiger partial charge in [0.2, 0.25) is 5.95 Å². The van der Waals surface area contributed by atoms with Crippen LogP contribution in [0.5, 0.6) is 0 Å². The van der Waals surface area contributed by atoms with Crippen molar-refractivity contribution in [1.29, 1.82) is 10.5 Å². The van der Waals surface area contributed by atoms with Crippen LogP contribution in [-0.4, -0.2) is 25.0 Å². The van der Waals surface area contributed by atoms with Gasteiger partial charge in [-0.05, 0) is 49.9 Å². The molecule has 0 amide bonds. The van der Waals surface area contributed by atoms with Crippen LogP contribution in [0.15, 0.2) is 67.0 Å². The number of pyridine rings is 2. The first kappa shape index (κ1) is 26.8. The summed E-state index contributed by atoms with van der Waals surface area (Å²) in [5, 5.41) is 35.5. The van der Waals surface area contributed by atoms with E-state index < -0.39 is 12.0 Å². The molecule has 1 aliphatic carbocycles. The Labute approximate surface area is 254 Å². The van der Waals surface area contributed by atoms with Crippen LogP contribution in [0.25, 0.3) is 10.9 Å². The van der Waals surface area contributed by atoms with E-state index in [4.69, 9.17) is 11.6 Å². The summed E-state index contributed by atoms with van der Waals surface area (Å²) in [6.45, 7) is 1.64. The summed E-state index contributed by atoms with van der Waals surface area (Å²) in [6, 6.07) is 18.5. The summed E-state index contributed by atoms with van der Waals surface area (Å²) < 4.78 is 25.5. The van der Waals surface area contributed by atoms with E-state index in [1.165, 1.54) is 18.3 Å². The van der Waals surface area contributed by atoms with Crippen molar-refractivity contribution in [2.45, 2.75) is 50.7 Å². The van der Waals surface area contributed by atoms with Crippen LogP contribution in [0.3, 0.4) is 0 Å². The van der Waals surface area contributed by atoms with Crippen molar-refractivity contribution < 1.29 is 5.76 Å². The third-order valence-corrected chi connectivity index (χ3v) is 7.68. The second-order valence-electron chi connectivity index (χ2n) is 10.4. The number of halogens is 2. The summed E-state index contributed by atoms with van der Waals surface area (Å²) in [6.07, 6.45) is 5.98. The van der Waals surface area contributed by atoms with Crippen LogP contribution in [0, 0.1) is 35.5 Å². The van der Waals surface area contributed by atoms with Gasteiger partial charge in [0.25, 0.3) is 0 Å². The average molecular weight is 593 g/mol. The molecule has 3 aromatic heterocycles. The molecule has 5 aromatic rings. The van der Waals surface area contributed by atoms with Crippen molar-refractivity contribution in [3.63, 3.8) is 0 Å². The quantitative estimate of drug-likeness (QED) is 0.163. The Morgan fingerprint density at radius 3 is 2.70 bits per heavy atom. The second-order valence-corrected chi connectivity index (χ2v) is 10.8. The highest BCUT2D eigenvalue weighted by molar-refractivity contribution is 6.35. The largest absolute Gasteiger partial charge is 0.377 e. The summed E-state index contributed by atoms with van der Waals surface area (Å²) in [5.74, 6) is -0.654. The zero-order chi connectivity index (χ0) is 30.8. The normalized spacial score (nSPS) is 15.1. The Morgan fingerprint density at radius 2 is 1.98 bits per heavy atom. The minimum Gasteiger partial charge on any atom is -0.377 e. The molecule has 1 fully saturated rings. The first-order valence-electron chi connectivity index (χ1n) is 14.4. The van der Waals surface area contributed by atoms with Gasteiger partial charge in [-0.2, -0.15) is 14.9 Å². The lowest BCUT2D eigenvalue weighted by molar-refractivity contribution is 0.577. The van der Waals surface area contributed by atoms with Crippen LogP contribution < -0.4 is 10.6 Å². The van der Waals surface area contributed by atoms with E-state index in [0.717, 1.165) is 18.4 Å². The van der Waals surface area contributed by atoms with Crippen molar-refractivity contribution in [3.05, 3.63) is 106 Å². The topological polar surface area (TPSA) is 128 Å². The Balaban J connectivity index is 1.47. The molecule has 0 saturated heterocycles. The number of aryl methyl sites for hydroxylation is 1. The zero-order valence-corrected chi connectivity index (χ0v) is 24.0. The summed E-state index contributed by atoms with van der Waals surface area (Å²) in [7, 11) is 0. The molecule has 1 saturated carbocycles. The molecule has 0 aliphatic heterocycles. The van der Waals surface area contributed by atoms with Crippen LogP contribution >= 0.6 is 11.6 Å². The van der Waals surface area contributed by atoms with Gasteiger partial charge < -0.3 is 10.6 Å². The van der Waals surface area contributed by atoms with E-state index in [1.807, 2.05) is 30.3 Å². The number of fused-ring (bicyclic) bond motifs is 1. The van der Waals surface area contributed by atoms with Gasteiger partial charge in [0.15, 0.2) is 0 Å². The fourth-order valence-electron chi connectivity index (χ4n) is 5.08. The van der Waals surface area contributed by atoms with Gasteiger partial charge in [-0.15, -0.1) is 5.10 Å². The maximum Gasteiger partial charge on any atom is 0.213 e. The number of benzene rings is 2. The Kier molecular flexibility index (Phi) is 7.51. The van der Waals surface area contributed by atoms with E-state index in [-0.39, 0.29) is 12.1 Å². The lowest BCUT2D eigenvalue weighted by Gasteiger charge is -2.23. The highest BCUT2D eigenvalue weighted by Crippen LogP contribution is 2.39. The molecular weight excluding hydrogens is 565 g/mol. The molecule has 2 aromatic carbocycles. The molecule has 0 spiro atoms. The van der Waals surface area contributed by atoms with Gasteiger partial charge >= 0.3 is 0 Å². The fourth-order valence-corrected chi connectivity index (χ4v) is 5.35. The standard InChI is InChI=1S/C32H27ClFN9/c1-19-24(11-12-29(34)38-19)32(28-18-43(42-41-28)23-9-10-23)39-22-14-25-30(21(16-36)17-37-31(25)26(33)15-22)40-27(8-5-13-35)20-6-3-2-4-7-20/h2-4,6-7,11-12,14-15,17-18,23,27,32,39H,5,8-10H2,1H3,(H,37,40)/t27-,32+/m1/s1/i32D. The first-order chi connectivity index (χ1) is 21.3. The number of nitrogens with zero attached hydrogens (tertiary/aromatic N) is 7. The molecule has 0 bridgehead atoms. The van der Waals surface area contributed by atoms with Crippen molar-refractivity contribution >= 4 is 33.9 Å². The molecule has 214 valence electrons.